The number of hydrogen-bond donors (Lipinski definition) is 0. The average molecular weight is 314 g/mol. The summed E-state index contributed by atoms with van der Waals surface area (Å²) in [6.07, 6.45) is 0. The molecule has 0 aliphatic carbocycles. The molecule has 0 aliphatic heterocycles. The molecule has 0 saturated carbocycles. The fraction of sp³-hybridized carbons (Fsp3) is 0. The van der Waals surface area contributed by atoms with Gasteiger partial charge in [-0.1, -0.05) is 41.6 Å². The van der Waals surface area contributed by atoms with E-state index in [0.717, 1.165) is 16.5 Å². The van der Waals surface area contributed by atoms with Crippen LogP contribution < -0.4 is 0 Å². The first-order chi connectivity index (χ1) is 11.8. The summed E-state index contributed by atoms with van der Waals surface area (Å²) in [5.41, 5.74) is 2.26. The molecule has 0 amide bonds. The van der Waals surface area contributed by atoms with E-state index in [4.69, 9.17) is 0 Å². The highest BCUT2D eigenvalue weighted by atomic mass is 19.1. The predicted molar refractivity (Wildman–Crippen MR) is 89.0 cm³/mol. The smallest absolute Gasteiger partial charge is 0.191 e. The topological polar surface area (TPSA) is 54.5 Å². The largest absolute Gasteiger partial charge is 0.211 e. The van der Waals surface area contributed by atoms with E-state index < -0.39 is 0 Å². The molecule has 3 aromatic carbocycles. The maximum Gasteiger partial charge on any atom is 0.191 e. The van der Waals surface area contributed by atoms with Gasteiger partial charge in [-0.25, -0.2) is 9.07 Å². The molecule has 0 atom stereocenters. The summed E-state index contributed by atoms with van der Waals surface area (Å²) in [5, 5.41) is 19.6. The number of hydrogen-bond acceptors (Lipinski definition) is 3. The summed E-state index contributed by atoms with van der Waals surface area (Å²) in [6, 6.07) is 21.8. The SMILES string of the molecule is N#Cc1nnn(-c2cccc3ccccc23)c1-c1ccc(F)cc1. The summed E-state index contributed by atoms with van der Waals surface area (Å²) < 4.78 is 14.9. The van der Waals surface area contributed by atoms with Crippen molar-refractivity contribution in [3.63, 3.8) is 0 Å². The molecule has 0 fully saturated rings. The minimum Gasteiger partial charge on any atom is -0.211 e. The Bertz CT molecular complexity index is 1070. The van der Waals surface area contributed by atoms with Gasteiger partial charge in [-0.2, -0.15) is 5.26 Å². The minimum atomic E-state index is -0.332. The average Bonchev–Trinajstić information content (AvgIpc) is 3.05. The number of aromatic nitrogens is 3. The molecule has 114 valence electrons. The second kappa shape index (κ2) is 5.60. The second-order valence-electron chi connectivity index (χ2n) is 5.32. The van der Waals surface area contributed by atoms with Gasteiger partial charge in [-0.3, -0.25) is 0 Å². The zero-order valence-corrected chi connectivity index (χ0v) is 12.5. The number of benzene rings is 3. The Hall–Kier alpha value is -3.52. The molecule has 4 aromatic rings. The highest BCUT2D eigenvalue weighted by Crippen LogP contribution is 2.29. The number of fused-ring (bicyclic) bond motifs is 1. The maximum absolute atomic E-state index is 13.2. The number of halogens is 1. The van der Waals surface area contributed by atoms with Crippen LogP contribution in [-0.2, 0) is 0 Å². The van der Waals surface area contributed by atoms with E-state index in [0.29, 0.717) is 11.3 Å². The zero-order valence-electron chi connectivity index (χ0n) is 12.5. The molecule has 0 bridgehead atoms. The van der Waals surface area contributed by atoms with E-state index in [1.165, 1.54) is 12.1 Å². The van der Waals surface area contributed by atoms with Crippen molar-refractivity contribution in [2.75, 3.05) is 0 Å². The minimum absolute atomic E-state index is 0.203. The van der Waals surface area contributed by atoms with Crippen molar-refractivity contribution in [2.45, 2.75) is 0 Å². The Kier molecular flexibility index (Phi) is 3.29. The third-order valence-electron chi connectivity index (χ3n) is 3.89. The van der Waals surface area contributed by atoms with E-state index in [1.54, 1.807) is 16.8 Å². The van der Waals surface area contributed by atoms with Crippen LogP contribution in [0.4, 0.5) is 4.39 Å². The lowest BCUT2D eigenvalue weighted by molar-refractivity contribution is 0.628. The van der Waals surface area contributed by atoms with Crippen molar-refractivity contribution in [1.29, 1.82) is 5.26 Å². The Morgan fingerprint density at radius 2 is 1.67 bits per heavy atom. The fourth-order valence-corrected chi connectivity index (χ4v) is 2.79. The van der Waals surface area contributed by atoms with E-state index >= 15 is 0 Å². The van der Waals surface area contributed by atoms with Gasteiger partial charge in [0.05, 0.1) is 5.69 Å². The Balaban J connectivity index is 2.01. The van der Waals surface area contributed by atoms with Crippen LogP contribution in [0.5, 0.6) is 0 Å². The first-order valence-electron chi connectivity index (χ1n) is 7.38. The van der Waals surface area contributed by atoms with Gasteiger partial charge in [0.25, 0.3) is 0 Å². The second-order valence-corrected chi connectivity index (χ2v) is 5.32. The molecule has 0 aliphatic rings. The third kappa shape index (κ3) is 2.22. The number of nitriles is 1. The maximum atomic E-state index is 13.2. The van der Waals surface area contributed by atoms with Crippen LogP contribution in [0.3, 0.4) is 0 Å². The lowest BCUT2D eigenvalue weighted by atomic mass is 10.1. The molecular formula is C19H11FN4. The molecule has 0 radical (unpaired) electrons. The molecule has 4 nitrogen and oxygen atoms in total. The van der Waals surface area contributed by atoms with Crippen molar-refractivity contribution in [3.8, 4) is 23.0 Å². The van der Waals surface area contributed by atoms with Gasteiger partial charge < -0.3 is 0 Å². The summed E-state index contributed by atoms with van der Waals surface area (Å²) in [6.45, 7) is 0. The molecule has 0 saturated heterocycles. The molecular weight excluding hydrogens is 303 g/mol. The molecule has 0 N–H and O–H groups in total. The Morgan fingerprint density at radius 3 is 2.46 bits per heavy atom. The normalized spacial score (nSPS) is 10.7. The standard InChI is InChI=1S/C19H11FN4/c20-15-10-8-14(9-11-15)19-17(12-21)22-23-24(19)18-7-3-5-13-4-1-2-6-16(13)18/h1-11H. The first-order valence-corrected chi connectivity index (χ1v) is 7.38. The van der Waals surface area contributed by atoms with Crippen LogP contribution in [-0.4, -0.2) is 15.0 Å². The van der Waals surface area contributed by atoms with Gasteiger partial charge in [0.15, 0.2) is 5.69 Å². The quantitative estimate of drug-likeness (QED) is 0.560. The monoisotopic (exact) mass is 314 g/mol. The highest BCUT2D eigenvalue weighted by molar-refractivity contribution is 5.90. The summed E-state index contributed by atoms with van der Waals surface area (Å²) in [5.74, 6) is -0.332. The molecule has 1 heterocycles. The van der Waals surface area contributed by atoms with Gasteiger partial charge >= 0.3 is 0 Å². The number of nitrogens with zero attached hydrogens (tertiary/aromatic N) is 4. The van der Waals surface area contributed by atoms with Gasteiger partial charge in [-0.15, -0.1) is 5.10 Å². The van der Waals surface area contributed by atoms with Crippen molar-refractivity contribution in [1.82, 2.24) is 15.0 Å². The number of rotatable bonds is 2. The first kappa shape index (κ1) is 14.1. The molecule has 4 rings (SSSR count). The van der Waals surface area contributed by atoms with Crippen LogP contribution in [0.2, 0.25) is 0 Å². The van der Waals surface area contributed by atoms with Crippen LogP contribution in [0, 0.1) is 17.1 Å². The van der Waals surface area contributed by atoms with Crippen LogP contribution >= 0.6 is 0 Å². The van der Waals surface area contributed by atoms with E-state index in [1.807, 2.05) is 42.5 Å². The van der Waals surface area contributed by atoms with Gasteiger partial charge in [0, 0.05) is 10.9 Å². The summed E-state index contributed by atoms with van der Waals surface area (Å²) in [7, 11) is 0. The lowest BCUT2D eigenvalue weighted by Gasteiger charge is -2.10. The fourth-order valence-electron chi connectivity index (χ4n) is 2.79. The van der Waals surface area contributed by atoms with Crippen molar-refractivity contribution < 1.29 is 4.39 Å². The van der Waals surface area contributed by atoms with Gasteiger partial charge in [0.1, 0.15) is 17.6 Å². The van der Waals surface area contributed by atoms with Crippen molar-refractivity contribution >= 4 is 10.8 Å². The van der Waals surface area contributed by atoms with E-state index in [-0.39, 0.29) is 11.5 Å². The van der Waals surface area contributed by atoms with Gasteiger partial charge in [-0.05, 0) is 35.7 Å². The summed E-state index contributed by atoms with van der Waals surface area (Å²) in [4.78, 5) is 0. The van der Waals surface area contributed by atoms with Crippen LogP contribution in [0.25, 0.3) is 27.7 Å². The van der Waals surface area contributed by atoms with Gasteiger partial charge in [0.2, 0.25) is 0 Å². The lowest BCUT2D eigenvalue weighted by Crippen LogP contribution is -2.00. The highest BCUT2D eigenvalue weighted by Gasteiger charge is 2.17. The Labute approximate surface area is 137 Å². The zero-order chi connectivity index (χ0) is 16.5. The Morgan fingerprint density at radius 1 is 0.917 bits per heavy atom. The van der Waals surface area contributed by atoms with Crippen molar-refractivity contribution in [2.24, 2.45) is 0 Å². The molecule has 5 heteroatoms. The molecule has 1 aromatic heterocycles. The molecule has 24 heavy (non-hydrogen) atoms. The van der Waals surface area contributed by atoms with Crippen LogP contribution in [0.1, 0.15) is 5.69 Å². The molecule has 0 spiro atoms. The van der Waals surface area contributed by atoms with Crippen molar-refractivity contribution in [3.05, 3.63) is 78.2 Å². The predicted octanol–water partition coefficient (Wildman–Crippen LogP) is 4.10. The van der Waals surface area contributed by atoms with E-state index in [2.05, 4.69) is 16.4 Å². The third-order valence-corrected chi connectivity index (χ3v) is 3.89. The summed E-state index contributed by atoms with van der Waals surface area (Å²) >= 11 is 0. The van der Waals surface area contributed by atoms with Crippen LogP contribution in [0.15, 0.2) is 66.7 Å². The van der Waals surface area contributed by atoms with E-state index in [9.17, 15) is 9.65 Å². The molecule has 0 unspecified atom stereocenters.